The lowest BCUT2D eigenvalue weighted by Crippen LogP contribution is -2.43. The number of ether oxygens (including phenoxy) is 3. The van der Waals surface area contributed by atoms with Crippen molar-refractivity contribution in [1.29, 1.82) is 0 Å². The van der Waals surface area contributed by atoms with E-state index >= 15 is 0 Å². The van der Waals surface area contributed by atoms with Gasteiger partial charge in [-0.05, 0) is 45.7 Å². The van der Waals surface area contributed by atoms with Gasteiger partial charge in [-0.1, -0.05) is 0 Å². The Morgan fingerprint density at radius 1 is 1.19 bits per heavy atom. The molecule has 168 valence electrons. The maximum atomic E-state index is 13.2. The van der Waals surface area contributed by atoms with Crippen molar-refractivity contribution in [2.24, 2.45) is 11.3 Å². The summed E-state index contributed by atoms with van der Waals surface area (Å²) in [5.74, 6) is 1.29. The molecule has 3 aliphatic heterocycles. The molecule has 0 aromatic carbocycles. The molecule has 0 radical (unpaired) electrons. The molecule has 0 N–H and O–H groups in total. The summed E-state index contributed by atoms with van der Waals surface area (Å²) in [6.45, 7) is 6.07. The molecule has 7 heteroatoms. The van der Waals surface area contributed by atoms with Crippen LogP contribution in [-0.4, -0.2) is 29.2 Å². The van der Waals surface area contributed by atoms with Gasteiger partial charge in [0.15, 0.2) is 0 Å². The zero-order valence-electron chi connectivity index (χ0n) is 18.4. The summed E-state index contributed by atoms with van der Waals surface area (Å²) < 4.78 is 29.5. The number of aryl methyl sites for hydroxylation is 1. The molecule has 2 aromatic rings. The van der Waals surface area contributed by atoms with Crippen LogP contribution in [0, 0.1) is 11.3 Å². The van der Waals surface area contributed by atoms with Gasteiger partial charge in [0, 0.05) is 35.3 Å². The van der Waals surface area contributed by atoms with E-state index in [1.807, 2.05) is 26.8 Å². The Kier molecular flexibility index (Phi) is 3.26. The van der Waals surface area contributed by atoms with Gasteiger partial charge >= 0.3 is 11.9 Å². The summed E-state index contributed by atoms with van der Waals surface area (Å²) in [6.07, 6.45) is 6.10. The van der Waals surface area contributed by atoms with E-state index in [1.54, 1.807) is 12.5 Å². The minimum Gasteiger partial charge on any atom is -0.472 e. The highest BCUT2D eigenvalue weighted by molar-refractivity contribution is 5.93. The molecule has 7 nitrogen and oxygen atoms in total. The molecule has 5 heterocycles. The van der Waals surface area contributed by atoms with Gasteiger partial charge in [0.2, 0.25) is 0 Å². The van der Waals surface area contributed by atoms with Crippen LogP contribution < -0.4 is 0 Å². The lowest BCUT2D eigenvalue weighted by Gasteiger charge is -2.32. The molecule has 6 atom stereocenters. The van der Waals surface area contributed by atoms with E-state index in [2.05, 4.69) is 6.07 Å². The highest BCUT2D eigenvalue weighted by atomic mass is 16.6. The number of carbonyl (C=O) groups is 2. The van der Waals surface area contributed by atoms with Crippen LogP contribution in [0.15, 0.2) is 33.5 Å². The monoisotopic (exact) mass is 438 g/mol. The number of hydrogen-bond acceptors (Lipinski definition) is 7. The quantitative estimate of drug-likeness (QED) is 0.674. The minimum absolute atomic E-state index is 0.0466. The van der Waals surface area contributed by atoms with E-state index in [0.29, 0.717) is 6.42 Å². The number of hydrogen-bond donors (Lipinski definition) is 0. The van der Waals surface area contributed by atoms with E-state index in [0.717, 1.165) is 41.9 Å². The maximum Gasteiger partial charge on any atom is 0.318 e. The lowest BCUT2D eigenvalue weighted by molar-refractivity contribution is -0.151. The standard InChI is InChI=1S/C25H26O7/c1-22(2)17(23(3)18(31-22)10-19(26)32-23)9-14-8-15-16(29-14)4-6-24-12-25(15,24)21(27)30-20(24)13-5-7-28-11-13/h5,7-8,11,17-18,20H,4,6,9-10,12H2,1-3H3. The highest BCUT2D eigenvalue weighted by Crippen LogP contribution is 2.79. The smallest absolute Gasteiger partial charge is 0.318 e. The van der Waals surface area contributed by atoms with Gasteiger partial charge in [-0.15, -0.1) is 0 Å². The van der Waals surface area contributed by atoms with Crippen molar-refractivity contribution < 1.29 is 32.6 Å². The van der Waals surface area contributed by atoms with E-state index in [4.69, 9.17) is 23.0 Å². The van der Waals surface area contributed by atoms with Gasteiger partial charge in [0.25, 0.3) is 0 Å². The molecular formula is C25H26O7. The molecule has 0 amide bonds. The second-order valence-corrected chi connectivity index (χ2v) is 11.0. The average molecular weight is 438 g/mol. The van der Waals surface area contributed by atoms with Crippen LogP contribution in [0.2, 0.25) is 0 Å². The third-order valence-corrected chi connectivity index (χ3v) is 9.05. The SMILES string of the molecule is CC1(C)OC2CC(=O)OC2(C)C1Cc1cc2c(o1)CCC13CC21C(=O)OC3c1ccoc1. The minimum atomic E-state index is -0.672. The van der Waals surface area contributed by atoms with Gasteiger partial charge in [0.05, 0.1) is 24.5 Å². The predicted molar refractivity (Wildman–Crippen MR) is 109 cm³/mol. The van der Waals surface area contributed by atoms with Crippen LogP contribution in [0.1, 0.15) is 68.8 Å². The third-order valence-electron chi connectivity index (χ3n) is 9.05. The molecule has 5 aliphatic rings. The van der Waals surface area contributed by atoms with Crippen molar-refractivity contribution in [3.63, 3.8) is 0 Å². The summed E-state index contributed by atoms with van der Waals surface area (Å²) in [7, 11) is 0. The third kappa shape index (κ3) is 2.02. The van der Waals surface area contributed by atoms with Gasteiger partial charge < -0.3 is 23.0 Å². The number of fused-ring (bicyclic) bond motifs is 2. The number of furan rings is 2. The van der Waals surface area contributed by atoms with Crippen molar-refractivity contribution >= 4 is 11.9 Å². The predicted octanol–water partition coefficient (Wildman–Crippen LogP) is 3.79. The molecule has 2 aromatic heterocycles. The Bertz CT molecular complexity index is 1160. The molecule has 3 saturated heterocycles. The fraction of sp³-hybridized carbons (Fsp3) is 0.600. The van der Waals surface area contributed by atoms with Crippen molar-refractivity contribution in [3.8, 4) is 0 Å². The van der Waals surface area contributed by atoms with E-state index in [9.17, 15) is 9.59 Å². The van der Waals surface area contributed by atoms with Crippen molar-refractivity contribution in [3.05, 3.63) is 47.3 Å². The summed E-state index contributed by atoms with van der Waals surface area (Å²) in [5, 5.41) is 0. The van der Waals surface area contributed by atoms with Crippen LogP contribution in [0.3, 0.4) is 0 Å². The Balaban J connectivity index is 1.24. The fourth-order valence-electron chi connectivity index (χ4n) is 7.48. The zero-order valence-corrected chi connectivity index (χ0v) is 18.4. The Hall–Kier alpha value is -2.54. The van der Waals surface area contributed by atoms with Crippen molar-refractivity contribution in [2.75, 3.05) is 0 Å². The second kappa shape index (κ2) is 5.50. The molecule has 2 aliphatic carbocycles. The molecule has 0 spiro atoms. The van der Waals surface area contributed by atoms with Crippen molar-refractivity contribution in [1.82, 2.24) is 0 Å². The highest BCUT2D eigenvalue weighted by Gasteiger charge is 2.83. The Morgan fingerprint density at radius 3 is 2.81 bits per heavy atom. The Labute approximate surface area is 185 Å². The summed E-state index contributed by atoms with van der Waals surface area (Å²) >= 11 is 0. The first-order valence-corrected chi connectivity index (χ1v) is 11.4. The molecule has 6 unspecified atom stereocenters. The van der Waals surface area contributed by atoms with E-state index in [1.165, 1.54) is 0 Å². The summed E-state index contributed by atoms with van der Waals surface area (Å²) in [6, 6.07) is 3.94. The summed E-state index contributed by atoms with van der Waals surface area (Å²) in [4.78, 5) is 25.1. The van der Waals surface area contributed by atoms with Gasteiger partial charge in [-0.3, -0.25) is 9.59 Å². The normalized spacial score (nSPS) is 42.7. The largest absolute Gasteiger partial charge is 0.472 e. The fourth-order valence-corrected chi connectivity index (χ4v) is 7.48. The number of esters is 2. The molecule has 32 heavy (non-hydrogen) atoms. The zero-order chi connectivity index (χ0) is 22.1. The van der Waals surface area contributed by atoms with Gasteiger partial charge in [-0.2, -0.15) is 0 Å². The first-order valence-electron chi connectivity index (χ1n) is 11.4. The Morgan fingerprint density at radius 2 is 2.03 bits per heavy atom. The first kappa shape index (κ1) is 19.0. The van der Waals surface area contributed by atoms with Crippen LogP contribution in [0.5, 0.6) is 0 Å². The van der Waals surface area contributed by atoms with Crippen LogP contribution in [0.4, 0.5) is 0 Å². The lowest BCUT2D eigenvalue weighted by atomic mass is 9.75. The average Bonchev–Trinajstić information content (AvgIpc) is 3.20. The van der Waals surface area contributed by atoms with Crippen molar-refractivity contribution in [2.45, 2.75) is 81.7 Å². The van der Waals surface area contributed by atoms with E-state index in [-0.39, 0.29) is 41.9 Å². The molecule has 1 saturated carbocycles. The topological polar surface area (TPSA) is 88.1 Å². The number of carbonyl (C=O) groups excluding carboxylic acids is 2. The van der Waals surface area contributed by atoms with Crippen LogP contribution in [0.25, 0.3) is 0 Å². The molecule has 4 fully saturated rings. The first-order chi connectivity index (χ1) is 15.2. The number of cyclic esters (lactones) is 1. The summed E-state index contributed by atoms with van der Waals surface area (Å²) in [5.41, 5.74) is -0.0379. The molecule has 7 rings (SSSR count). The maximum absolute atomic E-state index is 13.2. The molecular weight excluding hydrogens is 412 g/mol. The second-order valence-electron chi connectivity index (χ2n) is 11.0. The number of rotatable bonds is 3. The molecule has 0 bridgehead atoms. The van der Waals surface area contributed by atoms with E-state index < -0.39 is 16.6 Å². The van der Waals surface area contributed by atoms with Gasteiger partial charge in [0.1, 0.15) is 34.7 Å². The van der Waals surface area contributed by atoms with Gasteiger partial charge in [-0.25, -0.2) is 0 Å². The van der Waals surface area contributed by atoms with Crippen LogP contribution in [-0.2, 0) is 42.1 Å². The van der Waals surface area contributed by atoms with Crippen LogP contribution >= 0.6 is 0 Å².